The Labute approximate surface area is 151 Å². The number of hydrogen-bond donors (Lipinski definition) is 2. The minimum absolute atomic E-state index is 0. The van der Waals surface area contributed by atoms with Crippen molar-refractivity contribution in [2.24, 2.45) is 5.92 Å². The number of sulfonamides is 1. The lowest BCUT2D eigenvalue weighted by Gasteiger charge is -2.08. The molecule has 128 valence electrons. The van der Waals surface area contributed by atoms with Crippen molar-refractivity contribution in [3.63, 3.8) is 0 Å². The fraction of sp³-hybridized carbons (Fsp3) is 0.500. The van der Waals surface area contributed by atoms with E-state index < -0.39 is 10.0 Å². The largest absolute Gasteiger partial charge is 0.316 e. The zero-order valence-electron chi connectivity index (χ0n) is 12.7. The maximum atomic E-state index is 12.3. The summed E-state index contributed by atoms with van der Waals surface area (Å²) >= 11 is 2.84. The smallest absolute Gasteiger partial charge is 0.250 e. The maximum absolute atomic E-state index is 12.3. The Hall–Kier alpha value is -0.510. The van der Waals surface area contributed by atoms with Crippen LogP contribution in [0.15, 0.2) is 21.7 Å². The topological polar surface area (TPSA) is 71.1 Å². The molecule has 0 saturated carbocycles. The summed E-state index contributed by atoms with van der Waals surface area (Å²) in [7, 11) is -3.41. The number of aromatic nitrogens is 1. The minimum atomic E-state index is -3.41. The molecule has 2 aromatic rings. The first-order chi connectivity index (χ1) is 10.5. The van der Waals surface area contributed by atoms with Crippen molar-refractivity contribution in [1.29, 1.82) is 0 Å². The summed E-state index contributed by atoms with van der Waals surface area (Å²) in [5.41, 5.74) is 0.853. The first-order valence-corrected chi connectivity index (χ1v) is 10.5. The first kappa shape index (κ1) is 18.8. The molecule has 1 aliphatic heterocycles. The van der Waals surface area contributed by atoms with Crippen LogP contribution < -0.4 is 10.0 Å². The molecule has 0 amide bonds. The average molecular weight is 394 g/mol. The summed E-state index contributed by atoms with van der Waals surface area (Å²) in [6.07, 6.45) is 2.02. The van der Waals surface area contributed by atoms with Gasteiger partial charge in [0.05, 0.1) is 15.6 Å². The number of halogens is 1. The van der Waals surface area contributed by atoms with Crippen LogP contribution in [-0.2, 0) is 10.0 Å². The lowest BCUT2D eigenvalue weighted by atomic mass is 10.1. The SMILES string of the molecule is Cc1nc(-c2ccc(S(=O)(=O)NCCC3CCNC3)s2)cs1.Cl. The second-order valence-corrected chi connectivity index (χ2v) is 9.56. The highest BCUT2D eigenvalue weighted by Crippen LogP contribution is 2.31. The van der Waals surface area contributed by atoms with Gasteiger partial charge >= 0.3 is 0 Å². The van der Waals surface area contributed by atoms with Gasteiger partial charge in [0.25, 0.3) is 0 Å². The van der Waals surface area contributed by atoms with E-state index in [9.17, 15) is 8.42 Å². The summed E-state index contributed by atoms with van der Waals surface area (Å²) in [6.45, 7) is 4.48. The lowest BCUT2D eigenvalue weighted by Crippen LogP contribution is -2.26. The molecule has 1 aliphatic rings. The van der Waals surface area contributed by atoms with Gasteiger partial charge in [0, 0.05) is 11.9 Å². The van der Waals surface area contributed by atoms with Gasteiger partial charge in [-0.1, -0.05) is 0 Å². The Kier molecular flexibility index (Phi) is 6.58. The molecule has 9 heteroatoms. The van der Waals surface area contributed by atoms with Gasteiger partial charge in [-0.25, -0.2) is 18.1 Å². The number of aryl methyl sites for hydroxylation is 1. The van der Waals surface area contributed by atoms with Gasteiger partial charge in [-0.15, -0.1) is 35.1 Å². The fourth-order valence-corrected chi connectivity index (χ4v) is 5.55. The van der Waals surface area contributed by atoms with E-state index in [1.54, 1.807) is 17.4 Å². The second kappa shape index (κ2) is 8.04. The van der Waals surface area contributed by atoms with Crippen molar-refractivity contribution in [3.05, 3.63) is 22.5 Å². The first-order valence-electron chi connectivity index (χ1n) is 7.27. The van der Waals surface area contributed by atoms with Gasteiger partial charge in [0.2, 0.25) is 10.0 Å². The molecule has 1 saturated heterocycles. The van der Waals surface area contributed by atoms with Crippen molar-refractivity contribution in [1.82, 2.24) is 15.0 Å². The molecule has 3 heterocycles. The molecule has 0 radical (unpaired) electrons. The summed E-state index contributed by atoms with van der Waals surface area (Å²) in [4.78, 5) is 5.29. The number of hydrogen-bond acceptors (Lipinski definition) is 6. The lowest BCUT2D eigenvalue weighted by molar-refractivity contribution is 0.520. The van der Waals surface area contributed by atoms with Gasteiger partial charge in [-0.05, 0) is 50.9 Å². The summed E-state index contributed by atoms with van der Waals surface area (Å²) in [5, 5.41) is 6.23. The third kappa shape index (κ3) is 4.74. The maximum Gasteiger partial charge on any atom is 0.250 e. The molecule has 5 nitrogen and oxygen atoms in total. The summed E-state index contributed by atoms with van der Waals surface area (Å²) < 4.78 is 27.7. The Morgan fingerprint density at radius 1 is 1.43 bits per heavy atom. The predicted molar refractivity (Wildman–Crippen MR) is 98.2 cm³/mol. The molecule has 0 spiro atoms. The highest BCUT2D eigenvalue weighted by Gasteiger charge is 2.19. The number of nitrogens with one attached hydrogen (secondary N) is 2. The zero-order valence-corrected chi connectivity index (χ0v) is 16.0. The van der Waals surface area contributed by atoms with E-state index in [1.165, 1.54) is 11.3 Å². The van der Waals surface area contributed by atoms with Crippen LogP contribution in [0.1, 0.15) is 17.8 Å². The number of rotatable bonds is 6. The van der Waals surface area contributed by atoms with Gasteiger partial charge in [-0.3, -0.25) is 0 Å². The van der Waals surface area contributed by atoms with Crippen LogP contribution in [0.5, 0.6) is 0 Å². The Morgan fingerprint density at radius 2 is 2.26 bits per heavy atom. The molecule has 0 aromatic carbocycles. The van der Waals surface area contributed by atoms with Crippen molar-refractivity contribution < 1.29 is 8.42 Å². The van der Waals surface area contributed by atoms with E-state index in [0.29, 0.717) is 16.7 Å². The average Bonchev–Trinajstić information content (AvgIpc) is 3.18. The minimum Gasteiger partial charge on any atom is -0.316 e. The van der Waals surface area contributed by atoms with Crippen LogP contribution in [0, 0.1) is 12.8 Å². The monoisotopic (exact) mass is 393 g/mol. The van der Waals surface area contributed by atoms with Crippen LogP contribution in [0.25, 0.3) is 10.6 Å². The van der Waals surface area contributed by atoms with E-state index in [1.807, 2.05) is 18.4 Å². The quantitative estimate of drug-likeness (QED) is 0.791. The van der Waals surface area contributed by atoms with E-state index in [0.717, 1.165) is 41.5 Å². The molecular weight excluding hydrogens is 374 g/mol. The standard InChI is InChI=1S/C14H19N3O2S3.ClH/c1-10-17-12(9-20-10)13-2-3-14(21-13)22(18,19)16-7-5-11-4-6-15-8-11;/h2-3,9,11,15-16H,4-8H2,1H3;1H. The molecule has 1 unspecified atom stereocenters. The number of thiophene rings is 1. The third-order valence-corrected chi connectivity index (χ3v) is 7.56. The molecule has 1 atom stereocenters. The van der Waals surface area contributed by atoms with Gasteiger partial charge < -0.3 is 5.32 Å². The molecule has 1 fully saturated rings. The van der Waals surface area contributed by atoms with Gasteiger partial charge in [0.15, 0.2) is 0 Å². The number of thiazole rings is 1. The Bertz CT molecular complexity index is 736. The van der Waals surface area contributed by atoms with Crippen LogP contribution >= 0.6 is 35.1 Å². The van der Waals surface area contributed by atoms with Crippen molar-refractivity contribution in [2.45, 2.75) is 24.0 Å². The van der Waals surface area contributed by atoms with E-state index in [4.69, 9.17) is 0 Å². The molecule has 0 bridgehead atoms. The predicted octanol–water partition coefficient (Wildman–Crippen LogP) is 2.88. The highest BCUT2D eigenvalue weighted by molar-refractivity contribution is 7.91. The van der Waals surface area contributed by atoms with Crippen LogP contribution in [0.2, 0.25) is 0 Å². The van der Waals surface area contributed by atoms with Crippen molar-refractivity contribution in [3.8, 4) is 10.6 Å². The zero-order chi connectivity index (χ0) is 15.6. The van der Waals surface area contributed by atoms with Crippen LogP contribution in [0.3, 0.4) is 0 Å². The third-order valence-electron chi connectivity index (χ3n) is 3.72. The highest BCUT2D eigenvalue weighted by atomic mass is 35.5. The van der Waals surface area contributed by atoms with Gasteiger partial charge in [-0.2, -0.15) is 0 Å². The van der Waals surface area contributed by atoms with E-state index in [2.05, 4.69) is 15.0 Å². The van der Waals surface area contributed by atoms with Crippen molar-refractivity contribution in [2.75, 3.05) is 19.6 Å². The fourth-order valence-electron chi connectivity index (χ4n) is 2.51. The van der Waals surface area contributed by atoms with Crippen molar-refractivity contribution >= 4 is 45.1 Å². The van der Waals surface area contributed by atoms with E-state index in [-0.39, 0.29) is 12.4 Å². The molecule has 0 aliphatic carbocycles. The Morgan fingerprint density at radius 3 is 2.91 bits per heavy atom. The second-order valence-electron chi connectivity index (χ2n) is 5.42. The number of nitrogens with zero attached hydrogens (tertiary/aromatic N) is 1. The van der Waals surface area contributed by atoms with Gasteiger partial charge in [0.1, 0.15) is 4.21 Å². The molecule has 3 rings (SSSR count). The van der Waals surface area contributed by atoms with E-state index >= 15 is 0 Å². The summed E-state index contributed by atoms with van der Waals surface area (Å²) in [6, 6.07) is 3.49. The molecule has 2 N–H and O–H groups in total. The molecule has 2 aromatic heterocycles. The van der Waals surface area contributed by atoms with Crippen LogP contribution in [0.4, 0.5) is 0 Å². The Balaban J connectivity index is 0.00000192. The normalized spacial score (nSPS) is 18.0. The summed E-state index contributed by atoms with van der Waals surface area (Å²) in [5.74, 6) is 0.583. The molecule has 23 heavy (non-hydrogen) atoms. The van der Waals surface area contributed by atoms with Crippen LogP contribution in [-0.4, -0.2) is 33.0 Å². The molecular formula is C14H20ClN3O2S3.